The first-order chi connectivity index (χ1) is 10.3. The zero-order chi connectivity index (χ0) is 15.8. The number of unbranched alkanes of at least 4 members (excludes halogenated alkanes) is 10. The lowest BCUT2D eigenvalue weighted by Gasteiger charge is -2.23. The Morgan fingerprint density at radius 3 is 1.76 bits per heavy atom. The van der Waals surface area contributed by atoms with Gasteiger partial charge in [-0.3, -0.25) is 0 Å². The lowest BCUT2D eigenvalue weighted by Crippen LogP contribution is -2.11. The van der Waals surface area contributed by atoms with Crippen LogP contribution in [0.5, 0.6) is 0 Å². The lowest BCUT2D eigenvalue weighted by molar-refractivity contribution is 0.291. The molecule has 0 fully saturated rings. The van der Waals surface area contributed by atoms with Crippen LogP contribution in [0.2, 0.25) is 0 Å². The summed E-state index contributed by atoms with van der Waals surface area (Å²) in [4.78, 5) is 0. The van der Waals surface area contributed by atoms with Crippen LogP contribution in [0.4, 0.5) is 0 Å². The average Bonchev–Trinajstić information content (AvgIpc) is 2.51. The molecule has 0 aliphatic rings. The van der Waals surface area contributed by atoms with Gasteiger partial charge < -0.3 is 0 Å². The van der Waals surface area contributed by atoms with Crippen molar-refractivity contribution >= 4 is 0 Å². The van der Waals surface area contributed by atoms with E-state index in [0.717, 1.165) is 11.8 Å². The average molecular weight is 296 g/mol. The summed E-state index contributed by atoms with van der Waals surface area (Å²) in [5, 5.41) is 0. The highest BCUT2D eigenvalue weighted by molar-refractivity contribution is 4.68. The van der Waals surface area contributed by atoms with Gasteiger partial charge in [0.15, 0.2) is 0 Å². The maximum Gasteiger partial charge on any atom is -0.0389 e. The fraction of sp³-hybridized carbons (Fsp3) is 0.952. The Kier molecular flexibility index (Phi) is 16.4. The van der Waals surface area contributed by atoms with E-state index in [1.165, 1.54) is 89.9 Å². The molecule has 0 heterocycles. The molecule has 0 heteroatoms. The molecule has 21 heavy (non-hydrogen) atoms. The van der Waals surface area contributed by atoms with E-state index in [1.807, 2.05) is 0 Å². The summed E-state index contributed by atoms with van der Waals surface area (Å²) in [5.74, 6) is 1.91. The molecule has 0 nitrogen and oxygen atoms in total. The van der Waals surface area contributed by atoms with Gasteiger partial charge in [-0.2, -0.15) is 0 Å². The molecule has 127 valence electrons. The smallest absolute Gasteiger partial charge is 0.0389 e. The van der Waals surface area contributed by atoms with Gasteiger partial charge in [-0.1, -0.05) is 118 Å². The molecule has 0 aromatic carbocycles. The lowest BCUT2D eigenvalue weighted by atomic mass is 9.83. The topological polar surface area (TPSA) is 0 Å². The Morgan fingerprint density at radius 1 is 0.714 bits per heavy atom. The van der Waals surface area contributed by atoms with Crippen molar-refractivity contribution in [2.45, 2.75) is 118 Å². The summed E-state index contributed by atoms with van der Waals surface area (Å²) in [7, 11) is 0. The highest BCUT2D eigenvalue weighted by Crippen LogP contribution is 2.27. The van der Waals surface area contributed by atoms with Gasteiger partial charge in [-0.15, -0.1) is 0 Å². The zero-order valence-corrected chi connectivity index (χ0v) is 15.6. The van der Waals surface area contributed by atoms with Crippen LogP contribution < -0.4 is 0 Å². The summed E-state index contributed by atoms with van der Waals surface area (Å²) in [5.41, 5.74) is 0. The van der Waals surface area contributed by atoms with Crippen LogP contribution in [-0.2, 0) is 0 Å². The normalized spacial score (nSPS) is 14.3. The van der Waals surface area contributed by atoms with Crippen molar-refractivity contribution in [3.8, 4) is 0 Å². The molecule has 0 aliphatic carbocycles. The molecular weight excluding hydrogens is 252 g/mol. The SMILES string of the molecule is C[CH]CCCC(CCCCCCCCCCC)C(C)CC. The molecule has 0 rings (SSSR count). The predicted molar refractivity (Wildman–Crippen MR) is 98.6 cm³/mol. The molecule has 0 amide bonds. The van der Waals surface area contributed by atoms with Gasteiger partial charge in [0.05, 0.1) is 0 Å². The summed E-state index contributed by atoms with van der Waals surface area (Å²) >= 11 is 0. The molecular formula is C21H43. The minimum absolute atomic E-state index is 0.927. The van der Waals surface area contributed by atoms with E-state index in [9.17, 15) is 0 Å². The van der Waals surface area contributed by atoms with Crippen LogP contribution in [0.25, 0.3) is 0 Å². The first-order valence-corrected chi connectivity index (χ1v) is 10.0. The van der Waals surface area contributed by atoms with E-state index in [4.69, 9.17) is 0 Å². The molecule has 0 spiro atoms. The van der Waals surface area contributed by atoms with Gasteiger partial charge in [-0.25, -0.2) is 0 Å². The molecule has 0 aromatic rings. The van der Waals surface area contributed by atoms with E-state index in [0.29, 0.717) is 0 Å². The standard InChI is InChI=1S/C21H43/c1-5-8-10-11-12-13-14-15-17-19-21(20(4)7-3)18-16-9-6-2/h6,20-21H,5,7-19H2,1-4H3. The summed E-state index contributed by atoms with van der Waals surface area (Å²) in [6.45, 7) is 9.32. The minimum Gasteiger partial charge on any atom is -0.0654 e. The van der Waals surface area contributed by atoms with Crippen LogP contribution in [0.1, 0.15) is 118 Å². The molecule has 0 aliphatic heterocycles. The van der Waals surface area contributed by atoms with E-state index in [-0.39, 0.29) is 0 Å². The van der Waals surface area contributed by atoms with Crippen LogP contribution in [-0.4, -0.2) is 0 Å². The van der Waals surface area contributed by atoms with E-state index < -0.39 is 0 Å². The van der Waals surface area contributed by atoms with Gasteiger partial charge in [0.2, 0.25) is 0 Å². The minimum atomic E-state index is 0.927. The van der Waals surface area contributed by atoms with Crippen molar-refractivity contribution in [3.05, 3.63) is 6.42 Å². The molecule has 0 saturated carbocycles. The van der Waals surface area contributed by atoms with Crippen molar-refractivity contribution in [2.75, 3.05) is 0 Å². The van der Waals surface area contributed by atoms with Gasteiger partial charge in [0.1, 0.15) is 0 Å². The van der Waals surface area contributed by atoms with Crippen LogP contribution in [0.3, 0.4) is 0 Å². The Labute approximate surface area is 136 Å². The first kappa shape index (κ1) is 21.0. The Bertz CT molecular complexity index is 184. The molecule has 1 radical (unpaired) electrons. The number of hydrogen-bond acceptors (Lipinski definition) is 0. The fourth-order valence-electron chi connectivity index (χ4n) is 3.35. The van der Waals surface area contributed by atoms with Crippen molar-refractivity contribution in [1.29, 1.82) is 0 Å². The number of hydrogen-bond donors (Lipinski definition) is 0. The largest absolute Gasteiger partial charge is 0.0654 e. The van der Waals surface area contributed by atoms with Crippen LogP contribution >= 0.6 is 0 Å². The van der Waals surface area contributed by atoms with E-state index in [2.05, 4.69) is 34.1 Å². The number of rotatable bonds is 16. The van der Waals surface area contributed by atoms with Gasteiger partial charge in [0, 0.05) is 0 Å². The van der Waals surface area contributed by atoms with Crippen LogP contribution in [0.15, 0.2) is 0 Å². The Morgan fingerprint density at radius 2 is 1.24 bits per heavy atom. The predicted octanol–water partition coefficient (Wildman–Crippen LogP) is 7.96. The monoisotopic (exact) mass is 295 g/mol. The Balaban J connectivity index is 3.54. The molecule has 0 bridgehead atoms. The second-order valence-electron chi connectivity index (χ2n) is 7.10. The van der Waals surface area contributed by atoms with Crippen molar-refractivity contribution in [2.24, 2.45) is 11.8 Å². The third-order valence-electron chi connectivity index (χ3n) is 5.19. The highest BCUT2D eigenvalue weighted by Gasteiger charge is 2.14. The third kappa shape index (κ3) is 13.4. The second kappa shape index (κ2) is 16.4. The van der Waals surface area contributed by atoms with Crippen molar-refractivity contribution in [1.82, 2.24) is 0 Å². The highest BCUT2D eigenvalue weighted by atomic mass is 14.2. The van der Waals surface area contributed by atoms with Gasteiger partial charge >= 0.3 is 0 Å². The summed E-state index contributed by atoms with van der Waals surface area (Å²) < 4.78 is 0. The zero-order valence-electron chi connectivity index (χ0n) is 15.6. The fourth-order valence-corrected chi connectivity index (χ4v) is 3.35. The maximum absolute atomic E-state index is 2.47. The molecule has 0 N–H and O–H groups in total. The molecule has 0 saturated heterocycles. The molecule has 0 aromatic heterocycles. The second-order valence-corrected chi connectivity index (χ2v) is 7.10. The van der Waals surface area contributed by atoms with Crippen LogP contribution in [0, 0.1) is 18.3 Å². The maximum atomic E-state index is 2.47. The molecule has 2 atom stereocenters. The van der Waals surface area contributed by atoms with Crippen molar-refractivity contribution in [3.63, 3.8) is 0 Å². The van der Waals surface area contributed by atoms with E-state index in [1.54, 1.807) is 0 Å². The molecule has 2 unspecified atom stereocenters. The third-order valence-corrected chi connectivity index (χ3v) is 5.19. The quantitative estimate of drug-likeness (QED) is 0.253. The summed E-state index contributed by atoms with van der Waals surface area (Å²) in [6.07, 6.45) is 22.4. The first-order valence-electron chi connectivity index (χ1n) is 10.0. The summed E-state index contributed by atoms with van der Waals surface area (Å²) in [6, 6.07) is 0. The van der Waals surface area contributed by atoms with Gasteiger partial charge in [0.25, 0.3) is 0 Å². The van der Waals surface area contributed by atoms with Gasteiger partial charge in [-0.05, 0) is 18.3 Å². The van der Waals surface area contributed by atoms with E-state index >= 15 is 0 Å². The Hall–Kier alpha value is 0. The van der Waals surface area contributed by atoms with Crippen molar-refractivity contribution < 1.29 is 0 Å².